The summed E-state index contributed by atoms with van der Waals surface area (Å²) in [7, 11) is 0. The smallest absolute Gasteiger partial charge is 0.148 e. The molecule has 0 aromatic carbocycles. The first kappa shape index (κ1) is 15.2. The Morgan fingerprint density at radius 1 is 1.45 bits per heavy atom. The van der Waals surface area contributed by atoms with Crippen LogP contribution in [0, 0.1) is 12.8 Å². The quantitative estimate of drug-likeness (QED) is 0.792. The number of nitrogen functional groups attached to an aromatic ring is 1. The van der Waals surface area contributed by atoms with Gasteiger partial charge in [0.05, 0.1) is 23.5 Å². The number of hydrogen-bond donors (Lipinski definition) is 3. The Hall–Kier alpha value is -1.23. The lowest BCUT2D eigenvalue weighted by Crippen LogP contribution is -2.45. The van der Waals surface area contributed by atoms with Gasteiger partial charge in [0.2, 0.25) is 0 Å². The largest absolute Gasteiger partial charge is 0.394 e. The first-order chi connectivity index (χ1) is 9.38. The highest BCUT2D eigenvalue weighted by molar-refractivity contribution is 5.66. The van der Waals surface area contributed by atoms with Gasteiger partial charge in [0.15, 0.2) is 0 Å². The Kier molecular flexibility index (Phi) is 4.28. The van der Waals surface area contributed by atoms with Crippen molar-refractivity contribution in [2.24, 2.45) is 5.92 Å². The van der Waals surface area contributed by atoms with E-state index in [1.807, 2.05) is 11.6 Å². The summed E-state index contributed by atoms with van der Waals surface area (Å²) in [5, 5.41) is 17.9. The van der Waals surface area contributed by atoms with Crippen LogP contribution in [0.2, 0.25) is 0 Å². The van der Waals surface area contributed by atoms with Crippen molar-refractivity contribution in [3.63, 3.8) is 0 Å². The average Bonchev–Trinajstić information content (AvgIpc) is 2.70. The van der Waals surface area contributed by atoms with Crippen molar-refractivity contribution in [2.45, 2.75) is 65.0 Å². The number of aliphatic hydroxyl groups excluding tert-OH is 1. The van der Waals surface area contributed by atoms with Crippen LogP contribution in [-0.4, -0.2) is 27.0 Å². The van der Waals surface area contributed by atoms with Crippen LogP contribution in [-0.2, 0) is 0 Å². The molecule has 0 radical (unpaired) electrons. The molecule has 1 aliphatic carbocycles. The Morgan fingerprint density at radius 3 is 2.55 bits per heavy atom. The zero-order chi connectivity index (χ0) is 14.9. The van der Waals surface area contributed by atoms with Gasteiger partial charge in [0, 0.05) is 6.04 Å². The average molecular weight is 280 g/mol. The molecule has 1 aromatic rings. The van der Waals surface area contributed by atoms with Crippen molar-refractivity contribution in [3.05, 3.63) is 5.69 Å². The van der Waals surface area contributed by atoms with E-state index in [9.17, 15) is 5.11 Å². The summed E-state index contributed by atoms with van der Waals surface area (Å²) >= 11 is 0. The van der Waals surface area contributed by atoms with Crippen molar-refractivity contribution in [1.82, 2.24) is 9.78 Å². The highest BCUT2D eigenvalue weighted by Crippen LogP contribution is 2.37. The van der Waals surface area contributed by atoms with Gasteiger partial charge in [0.25, 0.3) is 0 Å². The molecule has 0 saturated heterocycles. The Labute approximate surface area is 121 Å². The summed E-state index contributed by atoms with van der Waals surface area (Å²) in [5.41, 5.74) is 7.47. The molecule has 4 N–H and O–H groups in total. The molecule has 1 aromatic heterocycles. The maximum absolute atomic E-state index is 9.88. The second-order valence-corrected chi connectivity index (χ2v) is 6.63. The number of aryl methyl sites for hydroxylation is 1. The lowest BCUT2D eigenvalue weighted by atomic mass is 9.77. The summed E-state index contributed by atoms with van der Waals surface area (Å²) < 4.78 is 1.93. The molecule has 2 rings (SSSR count). The third kappa shape index (κ3) is 2.77. The molecule has 0 spiro atoms. The lowest BCUT2D eigenvalue weighted by Gasteiger charge is -2.39. The summed E-state index contributed by atoms with van der Waals surface area (Å²) in [6, 6.07) is 0.242. The summed E-state index contributed by atoms with van der Waals surface area (Å²) in [4.78, 5) is 0. The molecule has 20 heavy (non-hydrogen) atoms. The van der Waals surface area contributed by atoms with Crippen LogP contribution >= 0.6 is 0 Å². The van der Waals surface area contributed by atoms with E-state index >= 15 is 0 Å². The Morgan fingerprint density at radius 2 is 2.05 bits per heavy atom. The van der Waals surface area contributed by atoms with Crippen LogP contribution in [0.5, 0.6) is 0 Å². The SMILES string of the molecule is Cc1nn(C(C)C)c(NC2(CO)CCC(C)CC2)c1N. The number of nitrogens with zero attached hydrogens (tertiary/aromatic N) is 2. The number of nitrogens with one attached hydrogen (secondary N) is 1. The predicted octanol–water partition coefficient (Wildman–Crippen LogP) is 2.71. The van der Waals surface area contributed by atoms with Crippen LogP contribution in [0.15, 0.2) is 0 Å². The third-order valence-corrected chi connectivity index (χ3v) is 4.54. The number of anilines is 2. The maximum Gasteiger partial charge on any atom is 0.148 e. The fourth-order valence-corrected chi connectivity index (χ4v) is 2.95. The van der Waals surface area contributed by atoms with E-state index in [2.05, 4.69) is 31.2 Å². The van der Waals surface area contributed by atoms with E-state index < -0.39 is 0 Å². The minimum Gasteiger partial charge on any atom is -0.394 e. The predicted molar refractivity (Wildman–Crippen MR) is 82.8 cm³/mol. The Bertz CT molecular complexity index is 459. The van der Waals surface area contributed by atoms with E-state index in [0.29, 0.717) is 5.69 Å². The first-order valence-electron chi connectivity index (χ1n) is 7.62. The third-order valence-electron chi connectivity index (χ3n) is 4.54. The molecule has 5 nitrogen and oxygen atoms in total. The topological polar surface area (TPSA) is 76.1 Å². The van der Waals surface area contributed by atoms with Gasteiger partial charge in [-0.15, -0.1) is 0 Å². The molecule has 0 amide bonds. The van der Waals surface area contributed by atoms with Crippen molar-refractivity contribution in [3.8, 4) is 0 Å². The second-order valence-electron chi connectivity index (χ2n) is 6.63. The van der Waals surface area contributed by atoms with E-state index in [1.54, 1.807) is 0 Å². The second kappa shape index (κ2) is 5.64. The van der Waals surface area contributed by atoms with Crippen molar-refractivity contribution in [1.29, 1.82) is 0 Å². The molecule has 1 heterocycles. The molecule has 1 saturated carbocycles. The van der Waals surface area contributed by atoms with Crippen LogP contribution in [0.4, 0.5) is 11.5 Å². The summed E-state index contributed by atoms with van der Waals surface area (Å²) in [6.45, 7) is 8.52. The molecule has 0 unspecified atom stereocenters. The van der Waals surface area contributed by atoms with Crippen LogP contribution in [0.3, 0.4) is 0 Å². The van der Waals surface area contributed by atoms with Gasteiger partial charge in [-0.25, -0.2) is 4.68 Å². The van der Waals surface area contributed by atoms with Gasteiger partial charge in [-0.2, -0.15) is 5.10 Å². The molecule has 0 atom stereocenters. The minimum absolute atomic E-state index is 0.140. The molecule has 5 heteroatoms. The molecule has 0 aliphatic heterocycles. The van der Waals surface area contributed by atoms with Crippen molar-refractivity contribution < 1.29 is 5.11 Å². The van der Waals surface area contributed by atoms with Gasteiger partial charge in [-0.1, -0.05) is 6.92 Å². The van der Waals surface area contributed by atoms with E-state index in [4.69, 9.17) is 5.73 Å². The van der Waals surface area contributed by atoms with Crippen molar-refractivity contribution >= 4 is 11.5 Å². The Balaban J connectivity index is 2.28. The number of hydrogen-bond acceptors (Lipinski definition) is 4. The zero-order valence-corrected chi connectivity index (χ0v) is 13.1. The van der Waals surface area contributed by atoms with Gasteiger partial charge >= 0.3 is 0 Å². The normalized spacial score (nSPS) is 27.0. The number of aromatic nitrogens is 2. The van der Waals surface area contributed by atoms with Crippen LogP contribution < -0.4 is 11.1 Å². The van der Waals surface area contributed by atoms with E-state index in [0.717, 1.165) is 43.1 Å². The molecule has 114 valence electrons. The van der Waals surface area contributed by atoms with E-state index in [-0.39, 0.29) is 18.2 Å². The lowest BCUT2D eigenvalue weighted by molar-refractivity contribution is 0.154. The summed E-state index contributed by atoms with van der Waals surface area (Å²) in [6.07, 6.45) is 4.24. The number of rotatable bonds is 4. The molecular weight excluding hydrogens is 252 g/mol. The monoisotopic (exact) mass is 280 g/mol. The minimum atomic E-state index is -0.250. The molecular formula is C15H28N4O. The fourth-order valence-electron chi connectivity index (χ4n) is 2.95. The highest BCUT2D eigenvalue weighted by Gasteiger charge is 2.35. The highest BCUT2D eigenvalue weighted by atomic mass is 16.3. The van der Waals surface area contributed by atoms with Gasteiger partial charge in [-0.3, -0.25) is 0 Å². The number of aliphatic hydroxyl groups is 1. The van der Waals surface area contributed by atoms with Gasteiger partial charge in [0.1, 0.15) is 5.82 Å². The van der Waals surface area contributed by atoms with Crippen molar-refractivity contribution in [2.75, 3.05) is 17.7 Å². The van der Waals surface area contributed by atoms with E-state index in [1.165, 1.54) is 0 Å². The standard InChI is InChI=1S/C15H28N4O/c1-10(2)19-14(13(16)12(4)18-19)17-15(9-20)7-5-11(3)6-8-15/h10-11,17,20H,5-9,16H2,1-4H3. The first-order valence-corrected chi connectivity index (χ1v) is 7.62. The van der Waals surface area contributed by atoms with Crippen LogP contribution in [0.1, 0.15) is 58.2 Å². The molecule has 0 bridgehead atoms. The number of nitrogens with two attached hydrogens (primary N) is 1. The van der Waals surface area contributed by atoms with Gasteiger partial charge < -0.3 is 16.2 Å². The summed E-state index contributed by atoms with van der Waals surface area (Å²) in [5.74, 6) is 1.60. The fraction of sp³-hybridized carbons (Fsp3) is 0.800. The van der Waals surface area contributed by atoms with Gasteiger partial charge in [-0.05, 0) is 52.4 Å². The molecule has 1 aliphatic rings. The molecule has 1 fully saturated rings. The van der Waals surface area contributed by atoms with Crippen LogP contribution in [0.25, 0.3) is 0 Å². The maximum atomic E-state index is 9.88. The zero-order valence-electron chi connectivity index (χ0n) is 13.1.